The molecule has 0 saturated carbocycles. The van der Waals surface area contributed by atoms with Crippen LogP contribution < -0.4 is 16.0 Å². The first kappa shape index (κ1) is 13.5. The highest BCUT2D eigenvalue weighted by atomic mass is 16.5. The van der Waals surface area contributed by atoms with Crippen molar-refractivity contribution in [2.24, 2.45) is 12.9 Å². The van der Waals surface area contributed by atoms with Gasteiger partial charge in [0.1, 0.15) is 5.75 Å². The van der Waals surface area contributed by atoms with Crippen molar-refractivity contribution in [1.29, 1.82) is 0 Å². The van der Waals surface area contributed by atoms with Gasteiger partial charge in [0.05, 0.1) is 18.8 Å². The van der Waals surface area contributed by atoms with Crippen LogP contribution in [0.25, 0.3) is 0 Å². The van der Waals surface area contributed by atoms with E-state index in [9.17, 15) is 0 Å². The Kier molecular flexibility index (Phi) is 4.13. The van der Waals surface area contributed by atoms with Gasteiger partial charge in [-0.1, -0.05) is 17.3 Å². The second kappa shape index (κ2) is 5.81. The lowest BCUT2D eigenvalue weighted by Crippen LogP contribution is -2.29. The summed E-state index contributed by atoms with van der Waals surface area (Å²) in [5.74, 6) is 6.50. The van der Waals surface area contributed by atoms with E-state index in [0.29, 0.717) is 6.42 Å². The highest BCUT2D eigenvalue weighted by molar-refractivity contribution is 5.38. The van der Waals surface area contributed by atoms with Crippen LogP contribution in [0.4, 0.5) is 0 Å². The first-order valence-electron chi connectivity index (χ1n) is 6.10. The van der Waals surface area contributed by atoms with Crippen molar-refractivity contribution in [3.63, 3.8) is 0 Å². The van der Waals surface area contributed by atoms with E-state index < -0.39 is 0 Å². The van der Waals surface area contributed by atoms with Crippen LogP contribution in [0, 0.1) is 6.92 Å². The molecule has 1 aromatic heterocycles. The molecular weight excluding hydrogens is 242 g/mol. The van der Waals surface area contributed by atoms with Crippen LogP contribution >= 0.6 is 0 Å². The van der Waals surface area contributed by atoms with Crippen LogP contribution in [0.1, 0.15) is 22.9 Å². The number of methoxy groups -OCH3 is 1. The molecule has 0 aliphatic rings. The molecule has 0 bridgehead atoms. The van der Waals surface area contributed by atoms with Gasteiger partial charge in [-0.15, -0.1) is 5.10 Å². The van der Waals surface area contributed by atoms with Gasteiger partial charge in [0.15, 0.2) is 0 Å². The molecule has 6 nitrogen and oxygen atoms in total. The number of aryl methyl sites for hydroxylation is 2. The molecule has 0 amide bonds. The maximum Gasteiger partial charge on any atom is 0.122 e. The van der Waals surface area contributed by atoms with Crippen molar-refractivity contribution >= 4 is 0 Å². The van der Waals surface area contributed by atoms with Gasteiger partial charge >= 0.3 is 0 Å². The molecule has 3 N–H and O–H groups in total. The van der Waals surface area contributed by atoms with Gasteiger partial charge in [-0.05, 0) is 24.1 Å². The highest BCUT2D eigenvalue weighted by Gasteiger charge is 2.14. The van der Waals surface area contributed by atoms with Crippen molar-refractivity contribution in [3.8, 4) is 5.75 Å². The molecule has 2 rings (SSSR count). The molecular formula is C13H19N5O. The predicted octanol–water partition coefficient (Wildman–Crippen LogP) is 0.879. The fourth-order valence-electron chi connectivity index (χ4n) is 2.02. The summed E-state index contributed by atoms with van der Waals surface area (Å²) < 4.78 is 7.01. The lowest BCUT2D eigenvalue weighted by atomic mass is 10.0. The summed E-state index contributed by atoms with van der Waals surface area (Å²) in [6.07, 6.45) is 2.56. The third-order valence-electron chi connectivity index (χ3n) is 3.10. The van der Waals surface area contributed by atoms with Crippen LogP contribution in [0.3, 0.4) is 0 Å². The molecule has 6 heteroatoms. The number of hydrogen-bond acceptors (Lipinski definition) is 5. The van der Waals surface area contributed by atoms with E-state index in [1.54, 1.807) is 11.8 Å². The van der Waals surface area contributed by atoms with E-state index in [2.05, 4.69) is 15.7 Å². The molecule has 0 aliphatic carbocycles. The first-order valence-corrected chi connectivity index (χ1v) is 6.10. The van der Waals surface area contributed by atoms with E-state index in [0.717, 1.165) is 22.6 Å². The third kappa shape index (κ3) is 3.10. The summed E-state index contributed by atoms with van der Waals surface area (Å²) in [6.45, 7) is 2.01. The number of hydrogen-bond donors (Lipinski definition) is 2. The van der Waals surface area contributed by atoms with Gasteiger partial charge in [-0.3, -0.25) is 16.0 Å². The zero-order valence-electron chi connectivity index (χ0n) is 11.4. The molecule has 1 aromatic carbocycles. The minimum absolute atomic E-state index is 0.0220. The third-order valence-corrected chi connectivity index (χ3v) is 3.10. The normalized spacial score (nSPS) is 12.4. The van der Waals surface area contributed by atoms with Crippen molar-refractivity contribution < 1.29 is 4.74 Å². The van der Waals surface area contributed by atoms with Crippen molar-refractivity contribution in [3.05, 3.63) is 41.2 Å². The molecule has 0 aliphatic heterocycles. The summed E-state index contributed by atoms with van der Waals surface area (Å²) in [6, 6.07) is 6.04. The minimum atomic E-state index is -0.0220. The van der Waals surface area contributed by atoms with Crippen LogP contribution in [-0.4, -0.2) is 22.1 Å². The van der Waals surface area contributed by atoms with Crippen LogP contribution in [0.5, 0.6) is 5.75 Å². The molecule has 102 valence electrons. The average Bonchev–Trinajstić information content (AvgIpc) is 2.82. The molecule has 0 radical (unpaired) electrons. The molecule has 1 atom stereocenters. The van der Waals surface area contributed by atoms with Gasteiger partial charge in [0, 0.05) is 19.7 Å². The fraction of sp³-hybridized carbons (Fsp3) is 0.385. The Hall–Kier alpha value is -1.92. The maximum atomic E-state index is 5.64. The lowest BCUT2D eigenvalue weighted by Gasteiger charge is -2.16. The summed E-state index contributed by atoms with van der Waals surface area (Å²) in [5, 5.41) is 7.99. The number of benzene rings is 1. The van der Waals surface area contributed by atoms with Crippen LogP contribution in [-0.2, 0) is 13.5 Å². The first-order chi connectivity index (χ1) is 9.13. The van der Waals surface area contributed by atoms with Gasteiger partial charge in [-0.25, -0.2) is 0 Å². The smallest absolute Gasteiger partial charge is 0.122 e. The largest absolute Gasteiger partial charge is 0.496 e. The molecule has 19 heavy (non-hydrogen) atoms. The Labute approximate surface area is 112 Å². The number of aromatic nitrogens is 3. The molecule has 1 unspecified atom stereocenters. The molecule has 0 fully saturated rings. The Bertz CT molecular complexity index is 552. The Morgan fingerprint density at radius 3 is 2.84 bits per heavy atom. The lowest BCUT2D eigenvalue weighted by molar-refractivity contribution is 0.409. The van der Waals surface area contributed by atoms with Crippen molar-refractivity contribution in [2.75, 3.05) is 7.11 Å². The molecule has 2 aromatic rings. The van der Waals surface area contributed by atoms with Gasteiger partial charge in [-0.2, -0.15) is 0 Å². The standard InChI is InChI=1S/C13H19N5O/c1-9-4-5-10(6-13(9)19-3)12(15-14)7-11-8-18(2)17-16-11/h4-6,8,12,15H,7,14H2,1-3H3. The maximum absolute atomic E-state index is 5.64. The average molecular weight is 261 g/mol. The van der Waals surface area contributed by atoms with E-state index in [-0.39, 0.29) is 6.04 Å². The summed E-state index contributed by atoms with van der Waals surface area (Å²) in [5.41, 5.74) is 5.87. The van der Waals surface area contributed by atoms with Crippen molar-refractivity contribution in [1.82, 2.24) is 20.4 Å². The number of nitrogens with zero attached hydrogens (tertiary/aromatic N) is 3. The van der Waals surface area contributed by atoms with E-state index in [4.69, 9.17) is 10.6 Å². The monoisotopic (exact) mass is 261 g/mol. The Balaban J connectivity index is 2.21. The van der Waals surface area contributed by atoms with E-state index in [1.165, 1.54) is 0 Å². The molecule has 1 heterocycles. The number of hydrazine groups is 1. The van der Waals surface area contributed by atoms with Crippen LogP contribution in [0.15, 0.2) is 24.4 Å². The fourth-order valence-corrected chi connectivity index (χ4v) is 2.02. The number of rotatable bonds is 5. The van der Waals surface area contributed by atoms with Crippen molar-refractivity contribution in [2.45, 2.75) is 19.4 Å². The Morgan fingerprint density at radius 1 is 1.47 bits per heavy atom. The molecule has 0 spiro atoms. The summed E-state index contributed by atoms with van der Waals surface area (Å²) in [7, 11) is 3.51. The van der Waals surface area contributed by atoms with Crippen LogP contribution in [0.2, 0.25) is 0 Å². The van der Waals surface area contributed by atoms with Gasteiger partial charge in [0.2, 0.25) is 0 Å². The summed E-state index contributed by atoms with van der Waals surface area (Å²) in [4.78, 5) is 0. The second-order valence-electron chi connectivity index (χ2n) is 4.54. The number of nitrogens with one attached hydrogen (secondary N) is 1. The van der Waals surface area contributed by atoms with E-state index >= 15 is 0 Å². The Morgan fingerprint density at radius 2 is 2.26 bits per heavy atom. The van der Waals surface area contributed by atoms with Gasteiger partial charge < -0.3 is 4.74 Å². The quantitative estimate of drug-likeness (QED) is 0.617. The predicted molar refractivity (Wildman–Crippen MR) is 72.5 cm³/mol. The number of ether oxygens (including phenoxy) is 1. The molecule has 0 saturated heterocycles. The summed E-state index contributed by atoms with van der Waals surface area (Å²) >= 11 is 0. The SMILES string of the molecule is COc1cc(C(Cc2cn(C)nn2)NN)ccc1C. The van der Waals surface area contributed by atoms with E-state index in [1.807, 2.05) is 38.4 Å². The number of nitrogens with two attached hydrogens (primary N) is 1. The zero-order chi connectivity index (χ0) is 13.8. The second-order valence-corrected chi connectivity index (χ2v) is 4.54. The highest BCUT2D eigenvalue weighted by Crippen LogP contribution is 2.24. The topological polar surface area (TPSA) is 78.0 Å². The minimum Gasteiger partial charge on any atom is -0.496 e. The van der Waals surface area contributed by atoms with Gasteiger partial charge in [0.25, 0.3) is 0 Å². The zero-order valence-corrected chi connectivity index (χ0v) is 11.4.